The van der Waals surface area contributed by atoms with Crippen molar-refractivity contribution in [3.05, 3.63) is 28.8 Å². The van der Waals surface area contributed by atoms with Crippen molar-refractivity contribution in [2.75, 3.05) is 20.2 Å². The van der Waals surface area contributed by atoms with Gasteiger partial charge in [0.25, 0.3) is 0 Å². The maximum absolute atomic E-state index is 6.17. The van der Waals surface area contributed by atoms with E-state index in [0.717, 1.165) is 23.9 Å². The summed E-state index contributed by atoms with van der Waals surface area (Å²) < 4.78 is 5.53. The van der Waals surface area contributed by atoms with Gasteiger partial charge in [-0.3, -0.25) is 0 Å². The van der Waals surface area contributed by atoms with Gasteiger partial charge in [0.05, 0.1) is 7.11 Å². The van der Waals surface area contributed by atoms with Crippen LogP contribution in [0.25, 0.3) is 0 Å². The molecule has 0 amide bonds. The standard InChI is InChI=1S/C15H20ClNO/c1-18-14-5-4-11(16)8-12(14)13-9-17-10-15(13)6-2-3-7-15/h4-5,8,13,17H,2-3,6-7,9-10H2,1H3. The summed E-state index contributed by atoms with van der Waals surface area (Å²) in [6.45, 7) is 2.20. The summed E-state index contributed by atoms with van der Waals surface area (Å²) in [5.41, 5.74) is 1.73. The summed E-state index contributed by atoms with van der Waals surface area (Å²) in [6.07, 6.45) is 5.39. The van der Waals surface area contributed by atoms with E-state index in [9.17, 15) is 0 Å². The lowest BCUT2D eigenvalue weighted by Crippen LogP contribution is -2.25. The van der Waals surface area contributed by atoms with E-state index >= 15 is 0 Å². The first kappa shape index (κ1) is 12.3. The average Bonchev–Trinajstić information content (AvgIpc) is 3.00. The van der Waals surface area contributed by atoms with Crippen LogP contribution in [0.3, 0.4) is 0 Å². The first-order valence-corrected chi connectivity index (χ1v) is 7.17. The number of halogens is 1. The molecule has 1 unspecified atom stereocenters. The number of benzene rings is 1. The Morgan fingerprint density at radius 1 is 1.33 bits per heavy atom. The molecular formula is C15H20ClNO. The monoisotopic (exact) mass is 265 g/mol. The Morgan fingerprint density at radius 2 is 2.11 bits per heavy atom. The number of hydrogen-bond acceptors (Lipinski definition) is 2. The fourth-order valence-electron chi connectivity index (χ4n) is 3.83. The second-order valence-corrected chi connectivity index (χ2v) is 6.08. The van der Waals surface area contributed by atoms with Gasteiger partial charge in [0, 0.05) is 29.6 Å². The molecule has 1 aliphatic carbocycles. The van der Waals surface area contributed by atoms with Crippen molar-refractivity contribution in [3.8, 4) is 5.75 Å². The van der Waals surface area contributed by atoms with Crippen LogP contribution in [0.15, 0.2) is 18.2 Å². The molecule has 0 aromatic heterocycles. The zero-order chi connectivity index (χ0) is 12.6. The maximum Gasteiger partial charge on any atom is 0.122 e. The number of nitrogens with one attached hydrogen (secondary N) is 1. The van der Waals surface area contributed by atoms with Gasteiger partial charge in [-0.05, 0) is 36.5 Å². The van der Waals surface area contributed by atoms with Crippen LogP contribution in [0.5, 0.6) is 5.75 Å². The van der Waals surface area contributed by atoms with Crippen LogP contribution in [0.4, 0.5) is 0 Å². The highest BCUT2D eigenvalue weighted by atomic mass is 35.5. The van der Waals surface area contributed by atoms with E-state index in [4.69, 9.17) is 16.3 Å². The minimum Gasteiger partial charge on any atom is -0.496 e. The summed E-state index contributed by atoms with van der Waals surface area (Å²) in [5.74, 6) is 1.54. The van der Waals surface area contributed by atoms with Gasteiger partial charge in [-0.15, -0.1) is 0 Å². The molecular weight excluding hydrogens is 246 g/mol. The molecule has 0 bridgehead atoms. The molecule has 1 aromatic rings. The number of methoxy groups -OCH3 is 1. The predicted molar refractivity (Wildman–Crippen MR) is 74.5 cm³/mol. The molecule has 2 fully saturated rings. The van der Waals surface area contributed by atoms with Crippen LogP contribution >= 0.6 is 11.6 Å². The molecule has 2 nitrogen and oxygen atoms in total. The molecule has 1 heterocycles. The molecule has 1 saturated carbocycles. The smallest absolute Gasteiger partial charge is 0.122 e. The lowest BCUT2D eigenvalue weighted by molar-refractivity contribution is 0.288. The molecule has 1 atom stereocenters. The molecule has 1 aliphatic heterocycles. The van der Waals surface area contributed by atoms with E-state index in [2.05, 4.69) is 11.4 Å². The quantitative estimate of drug-likeness (QED) is 0.882. The van der Waals surface area contributed by atoms with E-state index in [1.807, 2.05) is 12.1 Å². The highest BCUT2D eigenvalue weighted by Crippen LogP contribution is 2.52. The minimum atomic E-state index is 0.442. The third-order valence-electron chi connectivity index (χ3n) is 4.73. The van der Waals surface area contributed by atoms with Crippen molar-refractivity contribution in [3.63, 3.8) is 0 Å². The molecule has 3 heteroatoms. The Kier molecular flexibility index (Phi) is 3.25. The van der Waals surface area contributed by atoms with Gasteiger partial charge in [0.1, 0.15) is 5.75 Å². The zero-order valence-electron chi connectivity index (χ0n) is 10.8. The molecule has 3 rings (SSSR count). The van der Waals surface area contributed by atoms with Gasteiger partial charge < -0.3 is 10.1 Å². The van der Waals surface area contributed by atoms with Crippen molar-refractivity contribution in [1.82, 2.24) is 5.32 Å². The summed E-state index contributed by atoms with van der Waals surface area (Å²) in [6, 6.07) is 6.00. The van der Waals surface area contributed by atoms with Crippen molar-refractivity contribution in [1.29, 1.82) is 0 Å². The lowest BCUT2D eigenvalue weighted by atomic mass is 9.73. The Labute approximate surface area is 114 Å². The molecule has 18 heavy (non-hydrogen) atoms. The fourth-order valence-corrected chi connectivity index (χ4v) is 4.01. The Morgan fingerprint density at radius 3 is 2.83 bits per heavy atom. The highest BCUT2D eigenvalue weighted by molar-refractivity contribution is 6.30. The highest BCUT2D eigenvalue weighted by Gasteiger charge is 2.46. The minimum absolute atomic E-state index is 0.442. The normalized spacial score (nSPS) is 25.8. The lowest BCUT2D eigenvalue weighted by Gasteiger charge is -2.31. The number of hydrogen-bond donors (Lipinski definition) is 1. The van der Waals surface area contributed by atoms with Gasteiger partial charge in [-0.25, -0.2) is 0 Å². The Bertz CT molecular complexity index is 435. The SMILES string of the molecule is COc1ccc(Cl)cc1C1CNCC12CCCC2. The van der Waals surface area contributed by atoms with Gasteiger partial charge in [0.2, 0.25) is 0 Å². The summed E-state index contributed by atoms with van der Waals surface area (Å²) in [5, 5.41) is 4.39. The fraction of sp³-hybridized carbons (Fsp3) is 0.600. The van der Waals surface area contributed by atoms with Crippen molar-refractivity contribution < 1.29 is 4.74 Å². The van der Waals surface area contributed by atoms with E-state index < -0.39 is 0 Å². The maximum atomic E-state index is 6.17. The van der Waals surface area contributed by atoms with Crippen LogP contribution < -0.4 is 10.1 Å². The van der Waals surface area contributed by atoms with Gasteiger partial charge in [-0.1, -0.05) is 24.4 Å². The second kappa shape index (κ2) is 4.75. The van der Waals surface area contributed by atoms with Crippen LogP contribution in [0.2, 0.25) is 5.02 Å². The molecule has 98 valence electrons. The topological polar surface area (TPSA) is 21.3 Å². The Hall–Kier alpha value is -0.730. The third-order valence-corrected chi connectivity index (χ3v) is 4.97. The van der Waals surface area contributed by atoms with Crippen molar-refractivity contribution in [2.45, 2.75) is 31.6 Å². The first-order chi connectivity index (χ1) is 8.75. The van der Waals surface area contributed by atoms with Gasteiger partial charge in [-0.2, -0.15) is 0 Å². The van der Waals surface area contributed by atoms with Crippen LogP contribution in [0.1, 0.15) is 37.2 Å². The van der Waals surface area contributed by atoms with Gasteiger partial charge in [0.15, 0.2) is 0 Å². The molecule has 1 spiro atoms. The molecule has 2 aliphatic rings. The van der Waals surface area contributed by atoms with E-state index in [1.165, 1.54) is 31.2 Å². The molecule has 1 N–H and O–H groups in total. The van der Waals surface area contributed by atoms with Crippen molar-refractivity contribution >= 4 is 11.6 Å². The molecule has 1 aromatic carbocycles. The zero-order valence-corrected chi connectivity index (χ0v) is 11.6. The summed E-state index contributed by atoms with van der Waals surface area (Å²) in [7, 11) is 1.75. The number of ether oxygens (including phenoxy) is 1. The van der Waals surface area contributed by atoms with Gasteiger partial charge >= 0.3 is 0 Å². The average molecular weight is 266 g/mol. The van der Waals surface area contributed by atoms with Crippen molar-refractivity contribution in [2.24, 2.45) is 5.41 Å². The number of rotatable bonds is 2. The predicted octanol–water partition coefficient (Wildman–Crippen LogP) is 3.60. The first-order valence-electron chi connectivity index (χ1n) is 6.79. The van der Waals surface area contributed by atoms with Crippen LogP contribution in [-0.2, 0) is 0 Å². The largest absolute Gasteiger partial charge is 0.496 e. The van der Waals surface area contributed by atoms with E-state index in [-0.39, 0.29) is 0 Å². The summed E-state index contributed by atoms with van der Waals surface area (Å²) in [4.78, 5) is 0. The van der Waals surface area contributed by atoms with Crippen LogP contribution in [0, 0.1) is 5.41 Å². The van der Waals surface area contributed by atoms with E-state index in [1.54, 1.807) is 7.11 Å². The van der Waals surface area contributed by atoms with E-state index in [0.29, 0.717) is 11.3 Å². The molecule has 0 radical (unpaired) electrons. The van der Waals surface area contributed by atoms with Crippen LogP contribution in [-0.4, -0.2) is 20.2 Å². The second-order valence-electron chi connectivity index (χ2n) is 5.64. The molecule has 1 saturated heterocycles. The summed E-state index contributed by atoms with van der Waals surface area (Å²) >= 11 is 6.17. The Balaban J connectivity index is 2.00. The third kappa shape index (κ3) is 1.92.